The highest BCUT2D eigenvalue weighted by Gasteiger charge is 2.01. The topological polar surface area (TPSA) is 93.9 Å². The summed E-state index contributed by atoms with van der Waals surface area (Å²) in [6.07, 6.45) is 0. The lowest BCUT2D eigenvalue weighted by molar-refractivity contribution is 0.295. The monoisotopic (exact) mass is 252 g/mol. The van der Waals surface area contributed by atoms with E-state index >= 15 is 0 Å². The molecule has 6 nitrogen and oxygen atoms in total. The zero-order chi connectivity index (χ0) is 12.3. The summed E-state index contributed by atoms with van der Waals surface area (Å²) in [7, 11) is 0. The molecule has 0 bridgehead atoms. The number of halogens is 1. The van der Waals surface area contributed by atoms with Gasteiger partial charge < -0.3 is 10.5 Å². The van der Waals surface area contributed by atoms with Gasteiger partial charge in [-0.1, -0.05) is 17.7 Å². The molecule has 0 amide bonds. The highest BCUT2D eigenvalue weighted by atomic mass is 35.5. The summed E-state index contributed by atoms with van der Waals surface area (Å²) in [5, 5.41) is 0.568. The number of H-pyrrole nitrogens is 1. The van der Waals surface area contributed by atoms with E-state index in [0.717, 1.165) is 0 Å². The fourth-order valence-electron chi connectivity index (χ4n) is 1.22. The van der Waals surface area contributed by atoms with Crippen molar-refractivity contribution in [2.75, 3.05) is 5.73 Å². The quantitative estimate of drug-likeness (QED) is 0.849. The number of aromatic amines is 1. The van der Waals surface area contributed by atoms with E-state index in [1.54, 1.807) is 24.3 Å². The van der Waals surface area contributed by atoms with Gasteiger partial charge in [-0.25, -0.2) is 4.79 Å². The Kier molecular flexibility index (Phi) is 3.24. The zero-order valence-corrected chi connectivity index (χ0v) is 9.44. The van der Waals surface area contributed by atoms with Crippen molar-refractivity contribution in [2.45, 2.75) is 6.61 Å². The molecule has 0 spiro atoms. The number of rotatable bonds is 3. The molecule has 0 aliphatic heterocycles. The third-order valence-corrected chi connectivity index (χ3v) is 2.12. The largest absolute Gasteiger partial charge is 0.486 e. The van der Waals surface area contributed by atoms with Gasteiger partial charge in [0.25, 0.3) is 0 Å². The predicted octanol–water partition coefficient (Wildman–Crippen LogP) is 0.980. The lowest BCUT2D eigenvalue weighted by Gasteiger charge is -2.05. The van der Waals surface area contributed by atoms with Crippen molar-refractivity contribution in [3.8, 4) is 5.75 Å². The second kappa shape index (κ2) is 4.84. The van der Waals surface area contributed by atoms with E-state index in [0.29, 0.717) is 16.6 Å². The van der Waals surface area contributed by atoms with Gasteiger partial charge >= 0.3 is 5.69 Å². The fraction of sp³-hybridized carbons (Fsp3) is 0.100. The first-order chi connectivity index (χ1) is 8.13. The second-order valence-corrected chi connectivity index (χ2v) is 3.64. The van der Waals surface area contributed by atoms with E-state index in [4.69, 9.17) is 22.1 Å². The number of nitrogens with two attached hydrogens (primary N) is 1. The summed E-state index contributed by atoms with van der Waals surface area (Å²) in [6.45, 7) is 0.0856. The maximum absolute atomic E-state index is 11.0. The third-order valence-electron chi connectivity index (χ3n) is 1.89. The van der Waals surface area contributed by atoms with Crippen molar-refractivity contribution in [2.24, 2.45) is 0 Å². The smallest absolute Gasteiger partial charge is 0.349 e. The average molecular weight is 253 g/mol. The summed E-state index contributed by atoms with van der Waals surface area (Å²) in [5.74, 6) is 0.802. The number of benzene rings is 1. The minimum Gasteiger partial charge on any atom is -0.486 e. The minimum absolute atomic E-state index is 0.0848. The van der Waals surface area contributed by atoms with E-state index in [-0.39, 0.29) is 12.6 Å². The lowest BCUT2D eigenvalue weighted by Crippen LogP contribution is -2.18. The van der Waals surface area contributed by atoms with Gasteiger partial charge in [-0.2, -0.15) is 9.97 Å². The number of hydrogen-bond acceptors (Lipinski definition) is 5. The van der Waals surface area contributed by atoms with Crippen LogP contribution in [0.4, 0.5) is 5.95 Å². The molecule has 1 heterocycles. The SMILES string of the molecule is Nc1nc(COc2cccc(Cl)c2)[nH]c(=O)n1. The Morgan fingerprint density at radius 3 is 2.94 bits per heavy atom. The van der Waals surface area contributed by atoms with Gasteiger partial charge in [-0.15, -0.1) is 0 Å². The number of nitrogens with zero attached hydrogens (tertiary/aromatic N) is 2. The molecule has 3 N–H and O–H groups in total. The lowest BCUT2D eigenvalue weighted by atomic mass is 10.3. The van der Waals surface area contributed by atoms with Crippen LogP contribution in [0.3, 0.4) is 0 Å². The first-order valence-corrected chi connectivity index (χ1v) is 5.12. The number of nitrogen functional groups attached to an aromatic ring is 1. The van der Waals surface area contributed by atoms with Gasteiger partial charge in [0, 0.05) is 5.02 Å². The van der Waals surface area contributed by atoms with E-state index < -0.39 is 5.69 Å². The third kappa shape index (κ3) is 3.18. The van der Waals surface area contributed by atoms with Crippen LogP contribution in [-0.4, -0.2) is 15.0 Å². The van der Waals surface area contributed by atoms with Gasteiger partial charge in [-0.3, -0.25) is 4.98 Å². The first-order valence-electron chi connectivity index (χ1n) is 4.74. The van der Waals surface area contributed by atoms with Crippen molar-refractivity contribution < 1.29 is 4.74 Å². The van der Waals surface area contributed by atoms with Gasteiger partial charge in [0.1, 0.15) is 12.4 Å². The van der Waals surface area contributed by atoms with Crippen LogP contribution in [0.5, 0.6) is 5.75 Å². The Balaban J connectivity index is 2.09. The van der Waals surface area contributed by atoms with Crippen molar-refractivity contribution in [1.82, 2.24) is 15.0 Å². The van der Waals surface area contributed by atoms with Gasteiger partial charge in [0.15, 0.2) is 5.82 Å². The number of aromatic nitrogens is 3. The molecule has 1 aromatic carbocycles. The molecule has 0 saturated heterocycles. The van der Waals surface area contributed by atoms with E-state index in [1.807, 2.05) is 0 Å². The van der Waals surface area contributed by atoms with Gasteiger partial charge in [-0.05, 0) is 18.2 Å². The summed E-state index contributed by atoms with van der Waals surface area (Å²) < 4.78 is 5.38. The molecule has 0 aliphatic rings. The highest BCUT2D eigenvalue weighted by molar-refractivity contribution is 6.30. The molecule has 2 aromatic rings. The molecular formula is C10H9ClN4O2. The Morgan fingerprint density at radius 1 is 1.41 bits per heavy atom. The van der Waals surface area contributed by atoms with Crippen LogP contribution in [0.2, 0.25) is 5.02 Å². The van der Waals surface area contributed by atoms with Gasteiger partial charge in [0.05, 0.1) is 0 Å². The van der Waals surface area contributed by atoms with Crippen molar-refractivity contribution in [3.63, 3.8) is 0 Å². The highest BCUT2D eigenvalue weighted by Crippen LogP contribution is 2.17. The number of nitrogens with one attached hydrogen (secondary N) is 1. The Bertz CT molecular complexity index is 585. The Hall–Kier alpha value is -2.08. The molecule has 0 unspecified atom stereocenters. The summed E-state index contributed by atoms with van der Waals surface area (Å²) in [4.78, 5) is 20.6. The van der Waals surface area contributed by atoms with Crippen LogP contribution in [0, 0.1) is 0 Å². The Morgan fingerprint density at radius 2 is 2.24 bits per heavy atom. The molecule has 0 atom stereocenters. The maximum Gasteiger partial charge on any atom is 0.349 e. The van der Waals surface area contributed by atoms with Crippen molar-refractivity contribution in [3.05, 3.63) is 45.6 Å². The summed E-state index contributed by atoms with van der Waals surface area (Å²) >= 11 is 5.79. The Labute approximate surface area is 101 Å². The van der Waals surface area contributed by atoms with E-state index in [2.05, 4.69) is 15.0 Å². The molecule has 0 radical (unpaired) electrons. The predicted molar refractivity (Wildman–Crippen MR) is 62.8 cm³/mol. The van der Waals surface area contributed by atoms with E-state index in [9.17, 15) is 4.79 Å². The average Bonchev–Trinajstić information content (AvgIpc) is 2.25. The summed E-state index contributed by atoms with van der Waals surface area (Å²) in [5.41, 5.74) is 4.78. The zero-order valence-electron chi connectivity index (χ0n) is 8.68. The minimum atomic E-state index is -0.554. The second-order valence-electron chi connectivity index (χ2n) is 3.20. The molecule has 0 fully saturated rings. The molecular weight excluding hydrogens is 244 g/mol. The number of hydrogen-bond donors (Lipinski definition) is 2. The van der Waals surface area contributed by atoms with Crippen LogP contribution in [0.25, 0.3) is 0 Å². The molecule has 17 heavy (non-hydrogen) atoms. The molecule has 88 valence electrons. The summed E-state index contributed by atoms with van der Waals surface area (Å²) in [6, 6.07) is 6.90. The molecule has 2 rings (SSSR count). The molecule has 0 saturated carbocycles. The van der Waals surface area contributed by atoms with Crippen LogP contribution in [0.1, 0.15) is 5.82 Å². The van der Waals surface area contributed by atoms with Crippen LogP contribution in [-0.2, 0) is 6.61 Å². The van der Waals surface area contributed by atoms with Crippen LogP contribution in [0.15, 0.2) is 29.1 Å². The normalized spacial score (nSPS) is 10.2. The number of ether oxygens (including phenoxy) is 1. The van der Waals surface area contributed by atoms with Crippen LogP contribution >= 0.6 is 11.6 Å². The number of anilines is 1. The van der Waals surface area contributed by atoms with E-state index in [1.165, 1.54) is 0 Å². The van der Waals surface area contributed by atoms with Crippen molar-refractivity contribution in [1.29, 1.82) is 0 Å². The fourth-order valence-corrected chi connectivity index (χ4v) is 1.40. The first kappa shape index (κ1) is 11.4. The van der Waals surface area contributed by atoms with Gasteiger partial charge in [0.2, 0.25) is 5.95 Å². The molecule has 1 aromatic heterocycles. The van der Waals surface area contributed by atoms with Crippen molar-refractivity contribution >= 4 is 17.5 Å². The maximum atomic E-state index is 11.0. The van der Waals surface area contributed by atoms with Crippen LogP contribution < -0.4 is 16.2 Å². The molecule has 7 heteroatoms. The molecule has 0 aliphatic carbocycles. The standard InChI is InChI=1S/C10H9ClN4O2/c11-6-2-1-3-7(4-6)17-5-8-13-9(12)15-10(16)14-8/h1-4H,5H2,(H3,12,13,14,15,16).